The van der Waals surface area contributed by atoms with E-state index in [1.54, 1.807) is 30.5 Å². The predicted molar refractivity (Wildman–Crippen MR) is 124 cm³/mol. The average Bonchev–Trinajstić information content (AvgIpc) is 3.07. The monoisotopic (exact) mass is 431 g/mol. The molecule has 4 rings (SSSR count). The average molecular weight is 432 g/mol. The molecule has 156 valence electrons. The van der Waals surface area contributed by atoms with Gasteiger partial charge in [-0.2, -0.15) is 0 Å². The number of hydrogen-bond donors (Lipinski definition) is 2. The minimum absolute atomic E-state index is 0.168. The Labute approximate surface area is 184 Å². The Kier molecular flexibility index (Phi) is 6.09. The number of nitrogens with zero attached hydrogens (tertiary/aromatic N) is 1. The van der Waals surface area contributed by atoms with Crippen molar-refractivity contribution in [3.63, 3.8) is 0 Å². The second kappa shape index (κ2) is 9.10. The van der Waals surface area contributed by atoms with Gasteiger partial charge in [0.2, 0.25) is 0 Å². The van der Waals surface area contributed by atoms with E-state index in [0.29, 0.717) is 11.4 Å². The van der Waals surface area contributed by atoms with Gasteiger partial charge in [-0.05, 0) is 61.4 Å². The van der Waals surface area contributed by atoms with Crippen molar-refractivity contribution in [2.24, 2.45) is 0 Å². The van der Waals surface area contributed by atoms with Crippen molar-refractivity contribution in [3.05, 3.63) is 112 Å². The van der Waals surface area contributed by atoms with Gasteiger partial charge in [0.1, 0.15) is 16.6 Å². The zero-order valence-corrected chi connectivity index (χ0v) is 18.0. The highest BCUT2D eigenvalue weighted by molar-refractivity contribution is 7.16. The van der Waals surface area contributed by atoms with Crippen molar-refractivity contribution in [3.8, 4) is 0 Å². The van der Waals surface area contributed by atoms with Crippen molar-refractivity contribution >= 4 is 28.1 Å². The number of anilines is 2. The second-order valence-corrected chi connectivity index (χ2v) is 8.41. The molecule has 0 fully saturated rings. The highest BCUT2D eigenvalue weighted by Crippen LogP contribution is 2.41. The molecule has 0 aliphatic rings. The number of aromatic nitrogens is 1. The van der Waals surface area contributed by atoms with Crippen LogP contribution in [0.3, 0.4) is 0 Å². The molecule has 0 spiro atoms. The van der Waals surface area contributed by atoms with Gasteiger partial charge in [0.25, 0.3) is 5.91 Å². The Balaban J connectivity index is 1.77. The van der Waals surface area contributed by atoms with Crippen molar-refractivity contribution in [2.75, 3.05) is 10.6 Å². The van der Waals surface area contributed by atoms with E-state index in [0.717, 1.165) is 26.6 Å². The first-order valence-electron chi connectivity index (χ1n) is 9.92. The second-order valence-electron chi connectivity index (χ2n) is 7.19. The molecular weight excluding hydrogens is 409 g/mol. The van der Waals surface area contributed by atoms with E-state index in [1.807, 2.05) is 50.2 Å². The smallest absolute Gasteiger partial charge is 0.256 e. The number of carbonyl (C=O) groups is 1. The molecular formula is C25H22FN3OS. The van der Waals surface area contributed by atoms with Crippen LogP contribution < -0.4 is 10.6 Å². The molecule has 1 unspecified atom stereocenters. The van der Waals surface area contributed by atoms with Crippen molar-refractivity contribution in [1.82, 2.24) is 4.98 Å². The lowest BCUT2D eigenvalue weighted by atomic mass is 9.96. The SMILES string of the molecule is Cc1sc(NC(=O)c2ccccc2)c(C(Nc2ccccn2)c2ccc(F)cc2)c1C. The van der Waals surface area contributed by atoms with Gasteiger partial charge in [0.15, 0.2) is 0 Å². The van der Waals surface area contributed by atoms with Crippen molar-refractivity contribution in [1.29, 1.82) is 0 Å². The maximum absolute atomic E-state index is 13.6. The number of aryl methyl sites for hydroxylation is 1. The number of halogens is 1. The third kappa shape index (κ3) is 4.64. The minimum Gasteiger partial charge on any atom is -0.359 e. The summed E-state index contributed by atoms with van der Waals surface area (Å²) in [7, 11) is 0. The first-order chi connectivity index (χ1) is 15.0. The number of benzene rings is 2. The van der Waals surface area contributed by atoms with E-state index in [2.05, 4.69) is 15.6 Å². The minimum atomic E-state index is -0.313. The van der Waals surface area contributed by atoms with E-state index < -0.39 is 0 Å². The number of rotatable bonds is 6. The van der Waals surface area contributed by atoms with E-state index in [4.69, 9.17) is 0 Å². The zero-order valence-electron chi connectivity index (χ0n) is 17.2. The fourth-order valence-corrected chi connectivity index (χ4v) is 4.52. The van der Waals surface area contributed by atoms with Crippen LogP contribution in [0.5, 0.6) is 0 Å². The van der Waals surface area contributed by atoms with Crippen LogP contribution in [0, 0.1) is 19.7 Å². The summed E-state index contributed by atoms with van der Waals surface area (Å²) in [6.45, 7) is 4.07. The van der Waals surface area contributed by atoms with Gasteiger partial charge in [0.05, 0.1) is 6.04 Å². The van der Waals surface area contributed by atoms with Gasteiger partial charge in [-0.1, -0.05) is 36.4 Å². The summed E-state index contributed by atoms with van der Waals surface area (Å²) in [4.78, 5) is 18.4. The number of nitrogens with one attached hydrogen (secondary N) is 2. The fourth-order valence-electron chi connectivity index (χ4n) is 3.42. The van der Waals surface area contributed by atoms with Crippen LogP contribution in [0.1, 0.15) is 38.0 Å². The number of hydrogen-bond acceptors (Lipinski definition) is 4. The molecule has 2 aromatic heterocycles. The van der Waals surface area contributed by atoms with Gasteiger partial charge >= 0.3 is 0 Å². The summed E-state index contributed by atoms with van der Waals surface area (Å²) >= 11 is 1.53. The van der Waals surface area contributed by atoms with E-state index >= 15 is 0 Å². The van der Waals surface area contributed by atoms with E-state index in [-0.39, 0.29) is 17.8 Å². The van der Waals surface area contributed by atoms with Crippen molar-refractivity contribution < 1.29 is 9.18 Å². The summed E-state index contributed by atoms with van der Waals surface area (Å²) in [6, 6.07) is 20.8. The summed E-state index contributed by atoms with van der Waals surface area (Å²) in [5.74, 6) is 0.232. The topological polar surface area (TPSA) is 54.0 Å². The van der Waals surface area contributed by atoms with Gasteiger partial charge < -0.3 is 10.6 Å². The molecule has 0 saturated heterocycles. The van der Waals surface area contributed by atoms with Crippen LogP contribution in [-0.4, -0.2) is 10.9 Å². The number of thiophene rings is 1. The van der Waals surface area contributed by atoms with Crippen LogP contribution in [0.15, 0.2) is 79.0 Å². The largest absolute Gasteiger partial charge is 0.359 e. The molecule has 0 bridgehead atoms. The molecule has 31 heavy (non-hydrogen) atoms. The molecule has 1 atom stereocenters. The van der Waals surface area contributed by atoms with Crippen LogP contribution in [0.25, 0.3) is 0 Å². The van der Waals surface area contributed by atoms with Gasteiger partial charge in [-0.3, -0.25) is 4.79 Å². The predicted octanol–water partition coefficient (Wildman–Crippen LogP) is 6.35. The Morgan fingerprint density at radius 2 is 1.68 bits per heavy atom. The van der Waals surface area contributed by atoms with Crippen molar-refractivity contribution in [2.45, 2.75) is 19.9 Å². The lowest BCUT2D eigenvalue weighted by molar-refractivity contribution is 0.102. The molecule has 0 aliphatic carbocycles. The molecule has 1 amide bonds. The molecule has 2 heterocycles. The first-order valence-corrected chi connectivity index (χ1v) is 10.7. The standard InChI is InChI=1S/C25H22FN3OS/c1-16-17(2)31-25(29-24(30)19-8-4-3-5-9-19)22(16)23(18-11-13-20(26)14-12-18)28-21-10-6-7-15-27-21/h3-15,23H,1-2H3,(H,27,28)(H,29,30). The van der Waals surface area contributed by atoms with E-state index in [1.165, 1.54) is 23.5 Å². The van der Waals surface area contributed by atoms with Gasteiger partial charge in [-0.25, -0.2) is 9.37 Å². The third-order valence-corrected chi connectivity index (χ3v) is 6.28. The van der Waals surface area contributed by atoms with Crippen LogP contribution in [-0.2, 0) is 0 Å². The first kappa shape index (κ1) is 20.8. The molecule has 2 N–H and O–H groups in total. The summed E-state index contributed by atoms with van der Waals surface area (Å²) in [5, 5.41) is 7.31. The molecule has 2 aromatic carbocycles. The third-order valence-electron chi connectivity index (χ3n) is 5.14. The number of pyridine rings is 1. The lowest BCUT2D eigenvalue weighted by Crippen LogP contribution is -2.18. The van der Waals surface area contributed by atoms with Gasteiger partial charge in [0, 0.05) is 22.2 Å². The Morgan fingerprint density at radius 3 is 2.35 bits per heavy atom. The van der Waals surface area contributed by atoms with Crippen LogP contribution in [0.4, 0.5) is 15.2 Å². The molecule has 6 heteroatoms. The maximum Gasteiger partial charge on any atom is 0.256 e. The normalized spacial score (nSPS) is 11.7. The Hall–Kier alpha value is -3.51. The maximum atomic E-state index is 13.6. The molecule has 4 aromatic rings. The van der Waals surface area contributed by atoms with E-state index in [9.17, 15) is 9.18 Å². The van der Waals surface area contributed by atoms with Crippen LogP contribution in [0.2, 0.25) is 0 Å². The Bertz CT molecular complexity index is 1170. The summed E-state index contributed by atoms with van der Waals surface area (Å²) in [6.07, 6.45) is 1.72. The highest BCUT2D eigenvalue weighted by Gasteiger charge is 2.25. The van der Waals surface area contributed by atoms with Gasteiger partial charge in [-0.15, -0.1) is 11.3 Å². The van der Waals surface area contributed by atoms with Crippen LogP contribution >= 0.6 is 11.3 Å². The molecule has 4 nitrogen and oxygen atoms in total. The molecule has 0 saturated carbocycles. The molecule has 0 radical (unpaired) electrons. The zero-order chi connectivity index (χ0) is 21.8. The quantitative estimate of drug-likeness (QED) is 0.374. The number of carbonyl (C=O) groups excluding carboxylic acids is 1. The highest BCUT2D eigenvalue weighted by atomic mass is 32.1. The summed E-state index contributed by atoms with van der Waals surface area (Å²) < 4.78 is 13.6. The fraction of sp³-hybridized carbons (Fsp3) is 0.120. The number of amides is 1. The summed E-state index contributed by atoms with van der Waals surface area (Å²) in [5.41, 5.74) is 3.49. The lowest BCUT2D eigenvalue weighted by Gasteiger charge is -2.22. The Morgan fingerprint density at radius 1 is 0.968 bits per heavy atom. The molecule has 0 aliphatic heterocycles.